The number of rotatable bonds is 14. The van der Waals surface area contributed by atoms with Crippen LogP contribution < -0.4 is 0 Å². The molecule has 0 heterocycles. The van der Waals surface area contributed by atoms with Crippen molar-refractivity contribution in [2.24, 2.45) is 0 Å². The van der Waals surface area contributed by atoms with Crippen LogP contribution in [0.1, 0.15) is 90.4 Å². The first kappa shape index (κ1) is 18.5. The van der Waals surface area contributed by atoms with E-state index in [-0.39, 0.29) is 0 Å². The van der Waals surface area contributed by atoms with Crippen LogP contribution >= 0.6 is 0 Å². The summed E-state index contributed by atoms with van der Waals surface area (Å²) in [5.41, 5.74) is 0. The third kappa shape index (κ3) is 17.5. The van der Waals surface area contributed by atoms with Gasteiger partial charge >= 0.3 is 0 Å². The highest BCUT2D eigenvalue weighted by molar-refractivity contribution is 4.92. The number of hydrogen-bond acceptors (Lipinski definition) is 0. The van der Waals surface area contributed by atoms with Gasteiger partial charge in [0.15, 0.2) is 0 Å². The molecule has 0 aliphatic heterocycles. The summed E-state index contributed by atoms with van der Waals surface area (Å²) < 4.78 is 0. The lowest BCUT2D eigenvalue weighted by Gasteiger charge is -1.96. The minimum absolute atomic E-state index is 1.10. The summed E-state index contributed by atoms with van der Waals surface area (Å²) in [7, 11) is 0. The van der Waals surface area contributed by atoms with E-state index < -0.39 is 0 Å². The van der Waals surface area contributed by atoms with Gasteiger partial charge in [0.2, 0.25) is 0 Å². The Morgan fingerprint density at radius 3 is 1.68 bits per heavy atom. The highest BCUT2D eigenvalue weighted by Gasteiger charge is 1.87. The van der Waals surface area contributed by atoms with Gasteiger partial charge in [-0.15, -0.1) is 0 Å². The lowest BCUT2D eigenvalue weighted by atomic mass is 10.1. The molecule has 0 aromatic heterocycles. The fourth-order valence-corrected chi connectivity index (χ4v) is 2.16. The third-order valence-electron chi connectivity index (χ3n) is 3.45. The lowest BCUT2D eigenvalue weighted by molar-refractivity contribution is 0.637. The topological polar surface area (TPSA) is 0 Å². The molecule has 0 rings (SSSR count). The fraction of sp³-hybridized carbons (Fsp3) is 0.737. The molecule has 0 nitrogen and oxygen atoms in total. The first-order valence-electron chi connectivity index (χ1n) is 8.51. The summed E-state index contributed by atoms with van der Waals surface area (Å²) >= 11 is 0. The molecule has 0 spiro atoms. The first-order valence-corrected chi connectivity index (χ1v) is 8.51. The standard InChI is InChI=1S/C19H35/c1-3-5-7-9-11-13-15-17-19-18-16-14-12-10-8-6-4-2/h15-18H,1,3-14,19H2,2H3/b17-15+,18-16+. The van der Waals surface area contributed by atoms with Crippen molar-refractivity contribution in [1.82, 2.24) is 0 Å². The highest BCUT2D eigenvalue weighted by Crippen LogP contribution is 2.07. The van der Waals surface area contributed by atoms with Gasteiger partial charge in [-0.05, 0) is 32.1 Å². The van der Waals surface area contributed by atoms with Gasteiger partial charge in [0.05, 0.1) is 0 Å². The quantitative estimate of drug-likeness (QED) is 0.233. The molecule has 0 saturated heterocycles. The van der Waals surface area contributed by atoms with Gasteiger partial charge < -0.3 is 0 Å². The van der Waals surface area contributed by atoms with E-state index in [1.165, 1.54) is 70.6 Å². The lowest BCUT2D eigenvalue weighted by Crippen LogP contribution is -1.76. The van der Waals surface area contributed by atoms with Crippen LogP contribution in [-0.2, 0) is 0 Å². The Hall–Kier alpha value is -0.520. The average Bonchev–Trinajstić information content (AvgIpc) is 2.43. The van der Waals surface area contributed by atoms with Crippen LogP contribution in [0.2, 0.25) is 0 Å². The van der Waals surface area contributed by atoms with E-state index in [2.05, 4.69) is 38.2 Å². The third-order valence-corrected chi connectivity index (χ3v) is 3.45. The fourth-order valence-electron chi connectivity index (χ4n) is 2.16. The predicted molar refractivity (Wildman–Crippen MR) is 89.3 cm³/mol. The van der Waals surface area contributed by atoms with Crippen LogP contribution in [0.4, 0.5) is 0 Å². The first-order chi connectivity index (χ1) is 9.41. The van der Waals surface area contributed by atoms with Crippen molar-refractivity contribution in [3.63, 3.8) is 0 Å². The zero-order valence-corrected chi connectivity index (χ0v) is 13.2. The molecule has 0 aliphatic carbocycles. The van der Waals surface area contributed by atoms with E-state index in [4.69, 9.17) is 0 Å². The number of unbranched alkanes of at least 4 members (excludes halogenated alkanes) is 10. The minimum atomic E-state index is 1.10. The molecule has 0 unspecified atom stereocenters. The normalized spacial score (nSPS) is 11.9. The Bertz CT molecular complexity index is 178. The Morgan fingerprint density at radius 1 is 0.632 bits per heavy atom. The van der Waals surface area contributed by atoms with Crippen LogP contribution in [0.15, 0.2) is 24.3 Å². The molecule has 0 N–H and O–H groups in total. The molecule has 0 aromatic carbocycles. The molecule has 0 fully saturated rings. The second-order valence-electron chi connectivity index (χ2n) is 5.44. The monoisotopic (exact) mass is 263 g/mol. The predicted octanol–water partition coefficient (Wildman–Crippen LogP) is 7.02. The van der Waals surface area contributed by atoms with Gasteiger partial charge in [0.25, 0.3) is 0 Å². The smallest absolute Gasteiger partial charge is 0.0169 e. The molecule has 0 atom stereocenters. The zero-order chi connectivity index (χ0) is 14.0. The van der Waals surface area contributed by atoms with Crippen molar-refractivity contribution in [3.05, 3.63) is 31.2 Å². The van der Waals surface area contributed by atoms with Crippen LogP contribution in [0.25, 0.3) is 0 Å². The van der Waals surface area contributed by atoms with Gasteiger partial charge in [0.1, 0.15) is 0 Å². The largest absolute Gasteiger partial charge is 0.0882 e. The number of allylic oxidation sites excluding steroid dienone is 4. The Labute approximate surface area is 122 Å². The summed E-state index contributed by atoms with van der Waals surface area (Å²) in [5, 5.41) is 0. The zero-order valence-electron chi connectivity index (χ0n) is 13.2. The Kier molecular flexibility index (Phi) is 17.0. The summed E-state index contributed by atoms with van der Waals surface area (Å²) in [6.07, 6.45) is 26.4. The van der Waals surface area contributed by atoms with Gasteiger partial charge in [-0.2, -0.15) is 0 Å². The van der Waals surface area contributed by atoms with Gasteiger partial charge in [-0.25, -0.2) is 0 Å². The molecular weight excluding hydrogens is 228 g/mol. The molecule has 0 amide bonds. The van der Waals surface area contributed by atoms with Gasteiger partial charge in [-0.3, -0.25) is 0 Å². The van der Waals surface area contributed by atoms with Gasteiger partial charge in [0, 0.05) is 0 Å². The van der Waals surface area contributed by atoms with E-state index in [9.17, 15) is 0 Å². The molecule has 0 aliphatic rings. The van der Waals surface area contributed by atoms with Crippen LogP contribution in [0.3, 0.4) is 0 Å². The van der Waals surface area contributed by atoms with Crippen molar-refractivity contribution in [2.45, 2.75) is 90.4 Å². The second-order valence-corrected chi connectivity index (χ2v) is 5.44. The van der Waals surface area contributed by atoms with Crippen LogP contribution in [0.5, 0.6) is 0 Å². The molecule has 0 aromatic rings. The Balaban J connectivity index is 3.14. The van der Waals surface area contributed by atoms with E-state index >= 15 is 0 Å². The molecule has 0 heteroatoms. The molecule has 0 bridgehead atoms. The van der Waals surface area contributed by atoms with Crippen LogP contribution in [0, 0.1) is 6.92 Å². The van der Waals surface area contributed by atoms with Crippen LogP contribution in [-0.4, -0.2) is 0 Å². The van der Waals surface area contributed by atoms with Crippen molar-refractivity contribution in [3.8, 4) is 0 Å². The number of hydrogen-bond donors (Lipinski definition) is 0. The van der Waals surface area contributed by atoms with Gasteiger partial charge in [-0.1, -0.05) is 89.5 Å². The molecule has 19 heavy (non-hydrogen) atoms. The molecule has 111 valence electrons. The summed E-state index contributed by atoms with van der Waals surface area (Å²) in [4.78, 5) is 0. The maximum absolute atomic E-state index is 3.87. The van der Waals surface area contributed by atoms with E-state index in [1.807, 2.05) is 0 Å². The van der Waals surface area contributed by atoms with Crippen molar-refractivity contribution in [2.75, 3.05) is 0 Å². The average molecular weight is 263 g/mol. The molecule has 1 radical (unpaired) electrons. The molecular formula is C19H35. The maximum Gasteiger partial charge on any atom is -0.0169 e. The summed E-state index contributed by atoms with van der Waals surface area (Å²) in [5.74, 6) is 0. The molecule has 0 saturated carbocycles. The SMILES string of the molecule is [CH2]CCCCCC/C=C/C/C=C/CCCCCCC. The summed E-state index contributed by atoms with van der Waals surface area (Å²) in [6.45, 7) is 6.14. The second kappa shape index (κ2) is 17.5. The van der Waals surface area contributed by atoms with E-state index in [0.717, 1.165) is 12.8 Å². The highest BCUT2D eigenvalue weighted by atomic mass is 13.9. The van der Waals surface area contributed by atoms with E-state index in [1.54, 1.807) is 0 Å². The van der Waals surface area contributed by atoms with E-state index in [0.29, 0.717) is 0 Å². The van der Waals surface area contributed by atoms with Crippen molar-refractivity contribution >= 4 is 0 Å². The minimum Gasteiger partial charge on any atom is -0.0882 e. The Morgan fingerprint density at radius 2 is 1.16 bits per heavy atom. The maximum atomic E-state index is 3.87. The van der Waals surface area contributed by atoms with Crippen molar-refractivity contribution in [1.29, 1.82) is 0 Å². The summed E-state index contributed by atoms with van der Waals surface area (Å²) in [6, 6.07) is 0. The van der Waals surface area contributed by atoms with Crippen molar-refractivity contribution < 1.29 is 0 Å².